The Morgan fingerprint density at radius 3 is 2.86 bits per heavy atom. The first-order valence-corrected chi connectivity index (χ1v) is 13.1. The van der Waals surface area contributed by atoms with Gasteiger partial charge in [-0.2, -0.15) is 10.2 Å². The summed E-state index contributed by atoms with van der Waals surface area (Å²) in [5.74, 6) is 0.927. The van der Waals surface area contributed by atoms with Crippen LogP contribution in [0.5, 0.6) is 5.88 Å². The Hall–Kier alpha value is -2.62. The van der Waals surface area contributed by atoms with Gasteiger partial charge in [-0.25, -0.2) is 9.67 Å². The normalized spacial score (nSPS) is 16.5. The molecular formula is C25H32Cl2N6O3. The van der Waals surface area contributed by atoms with Crippen LogP contribution in [0.4, 0.5) is 5.69 Å². The first-order valence-electron chi connectivity index (χ1n) is 12.2. The number of alkyl halides is 1. The quantitative estimate of drug-likeness (QED) is 0.394. The van der Waals surface area contributed by atoms with E-state index in [0.29, 0.717) is 50.0 Å². The lowest BCUT2D eigenvalue weighted by Crippen LogP contribution is -2.29. The molecule has 1 N–H and O–H groups in total. The van der Waals surface area contributed by atoms with E-state index >= 15 is 0 Å². The van der Waals surface area contributed by atoms with Crippen molar-refractivity contribution >= 4 is 28.9 Å². The molecule has 1 aliphatic heterocycles. The summed E-state index contributed by atoms with van der Waals surface area (Å²) in [5, 5.41) is 19.2. The average Bonchev–Trinajstić information content (AvgIpc) is 3.41. The highest BCUT2D eigenvalue weighted by Crippen LogP contribution is 2.31. The minimum atomic E-state index is -0.544. The fraction of sp³-hybridized carbons (Fsp3) is 0.520. The summed E-state index contributed by atoms with van der Waals surface area (Å²) >= 11 is 12.2. The molecule has 36 heavy (non-hydrogen) atoms. The van der Waals surface area contributed by atoms with Crippen molar-refractivity contribution in [3.05, 3.63) is 51.3 Å². The molecular weight excluding hydrogens is 503 g/mol. The van der Waals surface area contributed by atoms with Crippen molar-refractivity contribution in [2.75, 3.05) is 23.9 Å². The predicted octanol–water partition coefficient (Wildman–Crippen LogP) is 3.83. The maximum atomic E-state index is 12.5. The van der Waals surface area contributed by atoms with Crippen LogP contribution in [0.2, 0.25) is 5.02 Å². The molecule has 1 fully saturated rings. The maximum Gasteiger partial charge on any atom is 0.287 e. The van der Waals surface area contributed by atoms with E-state index in [1.54, 1.807) is 12.4 Å². The van der Waals surface area contributed by atoms with E-state index in [9.17, 15) is 9.90 Å². The Labute approximate surface area is 220 Å². The average molecular weight is 535 g/mol. The third-order valence-corrected chi connectivity index (χ3v) is 6.98. The van der Waals surface area contributed by atoms with Crippen molar-refractivity contribution in [2.24, 2.45) is 0 Å². The van der Waals surface area contributed by atoms with Gasteiger partial charge in [0.1, 0.15) is 11.1 Å². The van der Waals surface area contributed by atoms with E-state index in [2.05, 4.69) is 15.2 Å². The fourth-order valence-electron chi connectivity index (χ4n) is 4.60. The molecule has 0 amide bonds. The van der Waals surface area contributed by atoms with Crippen LogP contribution in [0.1, 0.15) is 37.6 Å². The minimum absolute atomic E-state index is 0.0995. The van der Waals surface area contributed by atoms with Gasteiger partial charge >= 0.3 is 0 Å². The molecule has 4 rings (SSSR count). The fourth-order valence-corrected chi connectivity index (χ4v) is 5.12. The van der Waals surface area contributed by atoms with Crippen LogP contribution in [-0.2, 0) is 13.1 Å². The molecule has 1 saturated heterocycles. The summed E-state index contributed by atoms with van der Waals surface area (Å²) in [4.78, 5) is 19.0. The third-order valence-electron chi connectivity index (χ3n) is 6.41. The maximum absolute atomic E-state index is 12.5. The molecule has 0 spiro atoms. The first-order chi connectivity index (χ1) is 17.3. The number of aliphatic hydroxyl groups excluding tert-OH is 1. The number of ether oxygens (including phenoxy) is 1. The van der Waals surface area contributed by atoms with Crippen LogP contribution in [0.3, 0.4) is 0 Å². The molecule has 11 heteroatoms. The zero-order valence-electron chi connectivity index (χ0n) is 20.8. The lowest BCUT2D eigenvalue weighted by atomic mass is 10.1. The second-order valence-electron chi connectivity index (χ2n) is 9.09. The van der Waals surface area contributed by atoms with E-state index in [1.165, 1.54) is 4.68 Å². The van der Waals surface area contributed by atoms with Gasteiger partial charge in [0.05, 0.1) is 36.8 Å². The van der Waals surface area contributed by atoms with Crippen LogP contribution in [0, 0.1) is 13.8 Å². The van der Waals surface area contributed by atoms with E-state index in [4.69, 9.17) is 27.9 Å². The predicted molar refractivity (Wildman–Crippen MR) is 141 cm³/mol. The molecule has 9 nitrogen and oxygen atoms in total. The number of halogens is 2. The van der Waals surface area contributed by atoms with Gasteiger partial charge in [-0.3, -0.25) is 9.48 Å². The largest absolute Gasteiger partial charge is 0.472 e. The standard InChI is InChI=1S/C25H32Cl2N6O3/c1-4-10-32-25(35)24(27)21(13-29-32)31-11-7-20(15-31)36-22-12-18(6-9-28-22)23-16(2)30-33(17(23)3)14-19(34)5-8-26/h6,9,12-13,19-20,34H,4-5,7-8,10-11,14-15H2,1-3H3/t19?,20-/m1/s1. The Morgan fingerprint density at radius 2 is 2.11 bits per heavy atom. The van der Waals surface area contributed by atoms with Crippen molar-refractivity contribution in [3.63, 3.8) is 0 Å². The number of rotatable bonds is 10. The Kier molecular flexibility index (Phi) is 8.54. The first kappa shape index (κ1) is 26.4. The second-order valence-corrected chi connectivity index (χ2v) is 9.84. The van der Waals surface area contributed by atoms with Gasteiger partial charge in [0.15, 0.2) is 0 Å². The number of aromatic nitrogens is 5. The van der Waals surface area contributed by atoms with Crippen molar-refractivity contribution in [2.45, 2.75) is 65.3 Å². The van der Waals surface area contributed by atoms with Crippen molar-refractivity contribution in [1.29, 1.82) is 0 Å². The highest BCUT2D eigenvalue weighted by atomic mass is 35.5. The molecule has 0 radical (unpaired) electrons. The van der Waals surface area contributed by atoms with Crippen LogP contribution >= 0.6 is 23.2 Å². The van der Waals surface area contributed by atoms with Gasteiger partial charge in [0.2, 0.25) is 5.88 Å². The number of nitrogens with zero attached hydrogens (tertiary/aromatic N) is 6. The Balaban J connectivity index is 1.47. The zero-order valence-corrected chi connectivity index (χ0v) is 22.3. The molecule has 3 aromatic heterocycles. The Bertz CT molecular complexity index is 1260. The summed E-state index contributed by atoms with van der Waals surface area (Å²) < 4.78 is 9.45. The summed E-state index contributed by atoms with van der Waals surface area (Å²) in [7, 11) is 0. The number of hydrogen-bond acceptors (Lipinski definition) is 7. The van der Waals surface area contributed by atoms with E-state index in [1.807, 2.05) is 42.5 Å². The number of aryl methyl sites for hydroxylation is 2. The van der Waals surface area contributed by atoms with Gasteiger partial charge in [-0.15, -0.1) is 11.6 Å². The number of pyridine rings is 1. The van der Waals surface area contributed by atoms with Crippen LogP contribution in [-0.4, -0.2) is 60.8 Å². The van der Waals surface area contributed by atoms with Crippen LogP contribution in [0.15, 0.2) is 29.3 Å². The van der Waals surface area contributed by atoms with Crippen molar-refractivity contribution < 1.29 is 9.84 Å². The monoisotopic (exact) mass is 534 g/mol. The summed E-state index contributed by atoms with van der Waals surface area (Å²) in [6.45, 7) is 8.16. The highest BCUT2D eigenvalue weighted by Gasteiger charge is 2.27. The number of hydrogen-bond donors (Lipinski definition) is 1. The van der Waals surface area contributed by atoms with Crippen molar-refractivity contribution in [3.8, 4) is 17.0 Å². The van der Waals surface area contributed by atoms with E-state index < -0.39 is 6.10 Å². The van der Waals surface area contributed by atoms with Crippen molar-refractivity contribution in [1.82, 2.24) is 24.5 Å². The molecule has 0 saturated carbocycles. The van der Waals surface area contributed by atoms with E-state index in [-0.39, 0.29) is 16.7 Å². The van der Waals surface area contributed by atoms with Crippen LogP contribution < -0.4 is 15.2 Å². The third kappa shape index (κ3) is 5.68. The molecule has 4 heterocycles. The summed E-state index contributed by atoms with van der Waals surface area (Å²) in [6.07, 6.45) is 4.84. The number of anilines is 1. The topological polar surface area (TPSA) is 98.3 Å². The van der Waals surface area contributed by atoms with Crippen LogP contribution in [0.25, 0.3) is 11.1 Å². The molecule has 3 aromatic rings. The molecule has 0 aliphatic carbocycles. The number of aliphatic hydroxyl groups is 1. The Morgan fingerprint density at radius 1 is 1.31 bits per heavy atom. The smallest absolute Gasteiger partial charge is 0.287 e. The lowest BCUT2D eigenvalue weighted by Gasteiger charge is -2.20. The van der Waals surface area contributed by atoms with E-state index in [0.717, 1.165) is 35.4 Å². The molecule has 1 unspecified atom stereocenters. The molecule has 0 aromatic carbocycles. The second kappa shape index (κ2) is 11.6. The van der Waals surface area contributed by atoms with Gasteiger partial charge in [0.25, 0.3) is 5.56 Å². The van der Waals surface area contributed by atoms with Gasteiger partial charge in [-0.05, 0) is 38.3 Å². The lowest BCUT2D eigenvalue weighted by molar-refractivity contribution is 0.145. The highest BCUT2D eigenvalue weighted by molar-refractivity contribution is 6.33. The summed E-state index contributed by atoms with van der Waals surface area (Å²) in [6, 6.07) is 3.85. The van der Waals surface area contributed by atoms with Gasteiger partial charge < -0.3 is 14.7 Å². The summed E-state index contributed by atoms with van der Waals surface area (Å²) in [5.41, 5.74) is 4.15. The van der Waals surface area contributed by atoms with Gasteiger partial charge in [-0.1, -0.05) is 18.5 Å². The van der Waals surface area contributed by atoms with Gasteiger partial charge in [0, 0.05) is 48.9 Å². The zero-order chi connectivity index (χ0) is 25.8. The molecule has 2 atom stereocenters. The molecule has 0 bridgehead atoms. The SMILES string of the molecule is CCCn1ncc(N2CC[C@@H](Oc3cc(-c4c(C)nn(CC(O)CCCl)c4C)ccn3)C2)c(Cl)c1=O. The molecule has 194 valence electrons. The molecule has 1 aliphatic rings. The minimum Gasteiger partial charge on any atom is -0.472 e.